The fourth-order valence-corrected chi connectivity index (χ4v) is 5.21. The fourth-order valence-electron chi connectivity index (χ4n) is 3.80. The van der Waals surface area contributed by atoms with Gasteiger partial charge in [0, 0.05) is 40.4 Å². The van der Waals surface area contributed by atoms with Crippen molar-refractivity contribution >= 4 is 46.8 Å². The molecule has 0 fully saturated rings. The standard InChI is InChI=1S/C29H31Cl2FN2O2S/c1-3-20(2)33-29(36)27(16-21-10-5-4-6-11-21)34(17-23-24(30)13-9-14-25(23)31)28(35)19-37-18-22-12-7-8-15-26(22)32/h4-15,20,27H,3,16-19H2,1-2H3,(H,33,36)/t20-,27+/m1/s1. The maximum absolute atomic E-state index is 14.1. The molecule has 0 aliphatic carbocycles. The van der Waals surface area contributed by atoms with Crippen LogP contribution in [0.2, 0.25) is 10.0 Å². The van der Waals surface area contributed by atoms with Gasteiger partial charge >= 0.3 is 0 Å². The number of halogens is 3. The highest BCUT2D eigenvalue weighted by Gasteiger charge is 2.31. The zero-order valence-electron chi connectivity index (χ0n) is 20.9. The number of carbonyl (C=O) groups excluding carboxylic acids is 2. The zero-order valence-corrected chi connectivity index (χ0v) is 23.3. The van der Waals surface area contributed by atoms with Gasteiger partial charge in [-0.05, 0) is 42.7 Å². The quantitative estimate of drug-likeness (QED) is 0.261. The van der Waals surface area contributed by atoms with Gasteiger partial charge in [0.05, 0.1) is 5.75 Å². The number of carbonyl (C=O) groups is 2. The first-order valence-electron chi connectivity index (χ1n) is 12.2. The Morgan fingerprint density at radius 3 is 2.27 bits per heavy atom. The lowest BCUT2D eigenvalue weighted by Crippen LogP contribution is -2.52. The minimum atomic E-state index is -0.787. The maximum Gasteiger partial charge on any atom is 0.243 e. The summed E-state index contributed by atoms with van der Waals surface area (Å²) in [5, 5.41) is 3.88. The van der Waals surface area contributed by atoms with Crippen molar-refractivity contribution in [2.45, 2.75) is 51.1 Å². The second-order valence-corrected chi connectivity index (χ2v) is 10.6. The second kappa shape index (κ2) is 14.4. The van der Waals surface area contributed by atoms with Crippen molar-refractivity contribution in [3.05, 3.63) is 105 Å². The van der Waals surface area contributed by atoms with E-state index in [1.54, 1.807) is 41.3 Å². The van der Waals surface area contributed by atoms with Gasteiger partial charge in [0.15, 0.2) is 0 Å². The Hall–Kier alpha value is -2.54. The highest BCUT2D eigenvalue weighted by atomic mass is 35.5. The van der Waals surface area contributed by atoms with E-state index in [9.17, 15) is 14.0 Å². The van der Waals surface area contributed by atoms with Gasteiger partial charge in [0.25, 0.3) is 0 Å². The molecule has 1 N–H and O–H groups in total. The molecule has 4 nitrogen and oxygen atoms in total. The number of hydrogen-bond acceptors (Lipinski definition) is 3. The summed E-state index contributed by atoms with van der Waals surface area (Å²) in [6.45, 7) is 3.99. The average molecular weight is 562 g/mol. The number of nitrogens with zero attached hydrogens (tertiary/aromatic N) is 1. The predicted octanol–water partition coefficient (Wildman–Crippen LogP) is 6.92. The van der Waals surface area contributed by atoms with Crippen molar-refractivity contribution in [1.29, 1.82) is 0 Å². The number of hydrogen-bond donors (Lipinski definition) is 1. The van der Waals surface area contributed by atoms with Crippen LogP contribution in [-0.2, 0) is 28.3 Å². The van der Waals surface area contributed by atoms with E-state index in [-0.39, 0.29) is 36.0 Å². The highest BCUT2D eigenvalue weighted by Crippen LogP contribution is 2.28. The molecule has 2 atom stereocenters. The molecule has 0 unspecified atom stereocenters. The summed E-state index contributed by atoms with van der Waals surface area (Å²) in [7, 11) is 0. The fraction of sp³-hybridized carbons (Fsp3) is 0.310. The van der Waals surface area contributed by atoms with Crippen LogP contribution in [0.1, 0.15) is 37.0 Å². The van der Waals surface area contributed by atoms with Crippen LogP contribution in [0.5, 0.6) is 0 Å². The van der Waals surface area contributed by atoms with Gasteiger partial charge in [0.1, 0.15) is 11.9 Å². The molecule has 0 radical (unpaired) electrons. The van der Waals surface area contributed by atoms with Crippen LogP contribution >= 0.6 is 35.0 Å². The Labute approximate surface area is 232 Å². The van der Waals surface area contributed by atoms with E-state index >= 15 is 0 Å². The Kier molecular flexibility index (Phi) is 11.3. The third kappa shape index (κ3) is 8.49. The molecule has 0 heterocycles. The summed E-state index contributed by atoms with van der Waals surface area (Å²) in [5.74, 6) is -0.400. The molecule has 0 aliphatic rings. The van der Waals surface area contributed by atoms with Crippen LogP contribution in [-0.4, -0.2) is 34.6 Å². The molecule has 3 aromatic carbocycles. The second-order valence-electron chi connectivity index (χ2n) is 8.83. The van der Waals surface area contributed by atoms with Crippen molar-refractivity contribution in [2.75, 3.05) is 5.75 Å². The lowest BCUT2D eigenvalue weighted by Gasteiger charge is -2.32. The van der Waals surface area contributed by atoms with E-state index in [4.69, 9.17) is 23.2 Å². The Morgan fingerprint density at radius 1 is 0.973 bits per heavy atom. The Morgan fingerprint density at radius 2 is 1.62 bits per heavy atom. The van der Waals surface area contributed by atoms with Crippen LogP contribution < -0.4 is 5.32 Å². The summed E-state index contributed by atoms with van der Waals surface area (Å²) in [4.78, 5) is 28.8. The van der Waals surface area contributed by atoms with Gasteiger partial charge in [0.2, 0.25) is 11.8 Å². The summed E-state index contributed by atoms with van der Waals surface area (Å²) >= 11 is 14.2. The van der Waals surface area contributed by atoms with Crippen molar-refractivity contribution < 1.29 is 14.0 Å². The van der Waals surface area contributed by atoms with Gasteiger partial charge in [-0.15, -0.1) is 11.8 Å². The molecular formula is C29H31Cl2FN2O2S. The van der Waals surface area contributed by atoms with E-state index < -0.39 is 6.04 Å². The van der Waals surface area contributed by atoms with Gasteiger partial charge in [-0.1, -0.05) is 84.7 Å². The molecule has 0 saturated heterocycles. The molecule has 0 bridgehead atoms. The molecule has 37 heavy (non-hydrogen) atoms. The van der Waals surface area contributed by atoms with Gasteiger partial charge in [-0.25, -0.2) is 4.39 Å². The van der Waals surface area contributed by atoms with E-state index in [1.807, 2.05) is 44.2 Å². The third-order valence-electron chi connectivity index (χ3n) is 6.10. The molecule has 0 aromatic heterocycles. The van der Waals surface area contributed by atoms with Crippen molar-refractivity contribution in [3.8, 4) is 0 Å². The summed E-state index contributed by atoms with van der Waals surface area (Å²) < 4.78 is 14.1. The topological polar surface area (TPSA) is 49.4 Å². The van der Waals surface area contributed by atoms with Crippen LogP contribution in [0.25, 0.3) is 0 Å². The van der Waals surface area contributed by atoms with Crippen LogP contribution in [0.15, 0.2) is 72.8 Å². The first-order chi connectivity index (χ1) is 17.8. The lowest BCUT2D eigenvalue weighted by molar-refractivity contribution is -0.139. The van der Waals surface area contributed by atoms with Crippen LogP contribution in [0, 0.1) is 5.82 Å². The van der Waals surface area contributed by atoms with Gasteiger partial charge < -0.3 is 10.2 Å². The molecule has 3 rings (SSSR count). The SMILES string of the molecule is CC[C@@H](C)NC(=O)[C@H](Cc1ccccc1)N(Cc1c(Cl)cccc1Cl)C(=O)CSCc1ccccc1F. The van der Waals surface area contributed by atoms with Crippen LogP contribution in [0.4, 0.5) is 4.39 Å². The van der Waals surface area contributed by atoms with Gasteiger partial charge in [-0.2, -0.15) is 0 Å². The zero-order chi connectivity index (χ0) is 26.8. The Bertz CT molecular complexity index is 1180. The van der Waals surface area contributed by atoms with Crippen molar-refractivity contribution in [3.63, 3.8) is 0 Å². The van der Waals surface area contributed by atoms with Gasteiger partial charge in [-0.3, -0.25) is 9.59 Å². The highest BCUT2D eigenvalue weighted by molar-refractivity contribution is 7.99. The predicted molar refractivity (Wildman–Crippen MR) is 151 cm³/mol. The number of nitrogens with one attached hydrogen (secondary N) is 1. The van der Waals surface area contributed by atoms with Crippen LogP contribution in [0.3, 0.4) is 0 Å². The van der Waals surface area contributed by atoms with E-state index in [0.717, 1.165) is 12.0 Å². The molecule has 196 valence electrons. The minimum absolute atomic E-state index is 0.0537. The summed E-state index contributed by atoms with van der Waals surface area (Å²) in [6.07, 6.45) is 1.08. The first-order valence-corrected chi connectivity index (χ1v) is 14.1. The number of thioether (sulfide) groups is 1. The normalized spacial score (nSPS) is 12.6. The van der Waals surface area contributed by atoms with Crippen molar-refractivity contribution in [2.24, 2.45) is 0 Å². The summed E-state index contributed by atoms with van der Waals surface area (Å²) in [5.41, 5.74) is 2.03. The first kappa shape index (κ1) is 29.0. The lowest BCUT2D eigenvalue weighted by atomic mass is 10.0. The molecule has 2 amide bonds. The monoisotopic (exact) mass is 560 g/mol. The summed E-state index contributed by atoms with van der Waals surface area (Å²) in [6, 6.07) is 20.4. The van der Waals surface area contributed by atoms with Crippen molar-refractivity contribution in [1.82, 2.24) is 10.2 Å². The maximum atomic E-state index is 14.1. The molecule has 3 aromatic rings. The van der Waals surface area contributed by atoms with E-state index in [1.165, 1.54) is 17.8 Å². The molecule has 0 aliphatic heterocycles. The number of amides is 2. The third-order valence-corrected chi connectivity index (χ3v) is 7.78. The smallest absolute Gasteiger partial charge is 0.243 e. The number of rotatable bonds is 12. The van der Waals surface area contributed by atoms with E-state index in [0.29, 0.717) is 33.3 Å². The van der Waals surface area contributed by atoms with E-state index in [2.05, 4.69) is 5.32 Å². The molecule has 0 saturated carbocycles. The largest absolute Gasteiger partial charge is 0.352 e. The minimum Gasteiger partial charge on any atom is -0.352 e. The molecule has 0 spiro atoms. The Balaban J connectivity index is 1.91. The molecular weight excluding hydrogens is 530 g/mol. The molecule has 8 heteroatoms. The average Bonchev–Trinajstić information content (AvgIpc) is 2.89. The number of benzene rings is 3.